The topological polar surface area (TPSA) is 95.6 Å². The van der Waals surface area contributed by atoms with Crippen LogP contribution in [0.2, 0.25) is 5.02 Å². The van der Waals surface area contributed by atoms with E-state index in [9.17, 15) is 16.8 Å². The average Bonchev–Trinajstić information content (AvgIpc) is 2.54. The SMILES string of the molecule is CCS(=O)(=O)NCCS(=O)(=O)N1CCNCC1c1cccc(Cl)c1.Cl. The van der Waals surface area contributed by atoms with Gasteiger partial charge in [0.15, 0.2) is 0 Å². The van der Waals surface area contributed by atoms with E-state index in [1.54, 1.807) is 18.2 Å². The number of piperazine rings is 1. The molecular formula is C14H23Cl2N3O4S2. The third-order valence-electron chi connectivity index (χ3n) is 3.85. The highest BCUT2D eigenvalue weighted by atomic mass is 35.5. The van der Waals surface area contributed by atoms with Gasteiger partial charge in [0.2, 0.25) is 20.0 Å². The zero-order chi connectivity index (χ0) is 17.8. The summed E-state index contributed by atoms with van der Waals surface area (Å²) in [7, 11) is -7.01. The lowest BCUT2D eigenvalue weighted by atomic mass is 10.1. The maximum absolute atomic E-state index is 12.7. The summed E-state index contributed by atoms with van der Waals surface area (Å²) < 4.78 is 51.9. The number of benzene rings is 1. The Morgan fingerprint density at radius 3 is 2.68 bits per heavy atom. The number of halogens is 2. The largest absolute Gasteiger partial charge is 0.313 e. The zero-order valence-electron chi connectivity index (χ0n) is 13.8. The van der Waals surface area contributed by atoms with Gasteiger partial charge >= 0.3 is 0 Å². The number of nitrogens with zero attached hydrogens (tertiary/aromatic N) is 1. The van der Waals surface area contributed by atoms with Crippen molar-refractivity contribution in [2.24, 2.45) is 0 Å². The Labute approximate surface area is 160 Å². The molecule has 1 unspecified atom stereocenters. The van der Waals surface area contributed by atoms with Gasteiger partial charge in [0.25, 0.3) is 0 Å². The fourth-order valence-electron chi connectivity index (χ4n) is 2.56. The third kappa shape index (κ3) is 6.35. The molecule has 0 aromatic heterocycles. The van der Waals surface area contributed by atoms with Crippen molar-refractivity contribution in [3.63, 3.8) is 0 Å². The Morgan fingerprint density at radius 1 is 1.32 bits per heavy atom. The highest BCUT2D eigenvalue weighted by Gasteiger charge is 2.33. The van der Waals surface area contributed by atoms with Gasteiger partial charge in [-0.05, 0) is 24.6 Å². The van der Waals surface area contributed by atoms with Crippen molar-refractivity contribution >= 4 is 44.1 Å². The third-order valence-corrected chi connectivity index (χ3v) is 7.36. The molecule has 1 heterocycles. The van der Waals surface area contributed by atoms with Gasteiger partial charge < -0.3 is 5.32 Å². The summed E-state index contributed by atoms with van der Waals surface area (Å²) in [5.74, 6) is -0.352. The normalized spacial score (nSPS) is 19.4. The van der Waals surface area contributed by atoms with E-state index in [1.807, 2.05) is 6.07 Å². The van der Waals surface area contributed by atoms with Crippen LogP contribution in [0.4, 0.5) is 0 Å². The van der Waals surface area contributed by atoms with Crippen molar-refractivity contribution in [3.05, 3.63) is 34.9 Å². The summed E-state index contributed by atoms with van der Waals surface area (Å²) in [5.41, 5.74) is 0.812. The molecule has 7 nitrogen and oxygen atoms in total. The van der Waals surface area contributed by atoms with Crippen LogP contribution in [0, 0.1) is 0 Å². The molecule has 1 aliphatic heterocycles. The fraction of sp³-hybridized carbons (Fsp3) is 0.571. The summed E-state index contributed by atoms with van der Waals surface area (Å²) in [4.78, 5) is 0. The van der Waals surface area contributed by atoms with E-state index in [2.05, 4.69) is 10.0 Å². The van der Waals surface area contributed by atoms with Crippen LogP contribution in [0.5, 0.6) is 0 Å². The smallest absolute Gasteiger partial charge is 0.216 e. The predicted octanol–water partition coefficient (Wildman–Crippen LogP) is 0.977. The van der Waals surface area contributed by atoms with Gasteiger partial charge in [0.1, 0.15) is 0 Å². The Hall–Kier alpha value is -0.420. The van der Waals surface area contributed by atoms with E-state index in [-0.39, 0.29) is 36.5 Å². The molecular weight excluding hydrogens is 409 g/mol. The van der Waals surface area contributed by atoms with Crippen LogP contribution in [0.25, 0.3) is 0 Å². The van der Waals surface area contributed by atoms with E-state index in [1.165, 1.54) is 11.2 Å². The molecule has 0 spiro atoms. The number of nitrogens with one attached hydrogen (secondary N) is 2. The molecule has 11 heteroatoms. The molecule has 2 rings (SSSR count). The zero-order valence-corrected chi connectivity index (χ0v) is 17.0. The van der Waals surface area contributed by atoms with Gasteiger partial charge in [-0.1, -0.05) is 23.7 Å². The van der Waals surface area contributed by atoms with E-state index >= 15 is 0 Å². The van der Waals surface area contributed by atoms with Crippen molar-refractivity contribution in [3.8, 4) is 0 Å². The minimum Gasteiger partial charge on any atom is -0.313 e. The molecule has 1 saturated heterocycles. The minimum atomic E-state index is -3.60. The Kier molecular flexibility index (Phi) is 8.59. The molecule has 25 heavy (non-hydrogen) atoms. The number of hydrogen-bond acceptors (Lipinski definition) is 5. The van der Waals surface area contributed by atoms with Crippen LogP contribution in [0.3, 0.4) is 0 Å². The van der Waals surface area contributed by atoms with Crippen molar-refractivity contribution in [1.82, 2.24) is 14.3 Å². The second-order valence-electron chi connectivity index (χ2n) is 5.50. The molecule has 2 N–H and O–H groups in total. The number of rotatable bonds is 7. The maximum Gasteiger partial charge on any atom is 0.216 e. The molecule has 1 atom stereocenters. The average molecular weight is 432 g/mol. The molecule has 0 bridgehead atoms. The lowest BCUT2D eigenvalue weighted by molar-refractivity contribution is 0.271. The molecule has 1 aromatic rings. The molecule has 0 radical (unpaired) electrons. The first kappa shape index (κ1) is 22.6. The second kappa shape index (κ2) is 9.50. The summed E-state index contributed by atoms with van der Waals surface area (Å²) in [6, 6.07) is 6.75. The predicted molar refractivity (Wildman–Crippen MR) is 102 cm³/mol. The van der Waals surface area contributed by atoms with Gasteiger partial charge in [0.05, 0.1) is 17.5 Å². The number of sulfonamides is 2. The molecule has 1 aliphatic rings. The summed E-state index contributed by atoms with van der Waals surface area (Å²) in [6.07, 6.45) is 0. The van der Waals surface area contributed by atoms with Crippen LogP contribution in [-0.2, 0) is 20.0 Å². The van der Waals surface area contributed by atoms with Crippen LogP contribution in [0.15, 0.2) is 24.3 Å². The van der Waals surface area contributed by atoms with E-state index < -0.39 is 20.0 Å². The summed E-state index contributed by atoms with van der Waals surface area (Å²) in [6.45, 7) is 2.74. The Bertz CT molecular complexity index is 772. The highest BCUT2D eigenvalue weighted by molar-refractivity contribution is 7.90. The van der Waals surface area contributed by atoms with Crippen LogP contribution in [0.1, 0.15) is 18.5 Å². The molecule has 0 aliphatic carbocycles. The molecule has 0 saturated carbocycles. The van der Waals surface area contributed by atoms with E-state index in [0.29, 0.717) is 24.7 Å². The lowest BCUT2D eigenvalue weighted by Gasteiger charge is -2.35. The summed E-state index contributed by atoms with van der Waals surface area (Å²) >= 11 is 6.01. The monoisotopic (exact) mass is 431 g/mol. The first-order chi connectivity index (χ1) is 11.2. The molecule has 1 fully saturated rings. The highest BCUT2D eigenvalue weighted by Crippen LogP contribution is 2.27. The van der Waals surface area contributed by atoms with Crippen molar-refractivity contribution in [1.29, 1.82) is 0 Å². The maximum atomic E-state index is 12.7. The molecule has 144 valence electrons. The molecule has 0 amide bonds. The minimum absolute atomic E-state index is 0. The standard InChI is InChI=1S/C14H22ClN3O4S2.ClH/c1-2-23(19,20)17-7-9-24(21,22)18-8-6-16-11-14(18)12-4-3-5-13(15)10-12;/h3-5,10,14,16-17H,2,6-9,11H2,1H3;1H. The van der Waals surface area contributed by atoms with Crippen LogP contribution < -0.4 is 10.0 Å². The fourth-order valence-corrected chi connectivity index (χ4v) is 5.06. The lowest BCUT2D eigenvalue weighted by Crippen LogP contribution is -2.50. The Morgan fingerprint density at radius 2 is 2.04 bits per heavy atom. The van der Waals surface area contributed by atoms with Gasteiger partial charge in [-0.2, -0.15) is 4.31 Å². The van der Waals surface area contributed by atoms with Crippen molar-refractivity contribution < 1.29 is 16.8 Å². The van der Waals surface area contributed by atoms with Gasteiger partial charge in [-0.15, -0.1) is 12.4 Å². The second-order valence-corrected chi connectivity index (χ2v) is 10.1. The van der Waals surface area contributed by atoms with Crippen LogP contribution >= 0.6 is 24.0 Å². The van der Waals surface area contributed by atoms with Crippen molar-refractivity contribution in [2.75, 3.05) is 37.7 Å². The quantitative estimate of drug-likeness (QED) is 0.670. The number of hydrogen-bond donors (Lipinski definition) is 2. The van der Waals surface area contributed by atoms with Gasteiger partial charge in [-0.25, -0.2) is 21.6 Å². The van der Waals surface area contributed by atoms with Gasteiger partial charge in [0, 0.05) is 31.2 Å². The Balaban J connectivity index is 0.00000312. The first-order valence-electron chi connectivity index (χ1n) is 7.68. The van der Waals surface area contributed by atoms with Crippen LogP contribution in [-0.4, -0.2) is 58.8 Å². The molecule has 1 aromatic carbocycles. The van der Waals surface area contributed by atoms with E-state index in [4.69, 9.17) is 11.6 Å². The summed E-state index contributed by atoms with van der Waals surface area (Å²) in [5, 5.41) is 3.73. The van der Waals surface area contributed by atoms with Gasteiger partial charge in [-0.3, -0.25) is 0 Å². The van der Waals surface area contributed by atoms with Crippen molar-refractivity contribution in [2.45, 2.75) is 13.0 Å². The first-order valence-corrected chi connectivity index (χ1v) is 11.3. The van der Waals surface area contributed by atoms with E-state index in [0.717, 1.165) is 5.56 Å².